The van der Waals surface area contributed by atoms with Gasteiger partial charge in [0.05, 0.1) is 5.56 Å². The zero-order valence-electron chi connectivity index (χ0n) is 19.9. The van der Waals surface area contributed by atoms with Gasteiger partial charge in [-0.1, -0.05) is 90.1 Å². The lowest BCUT2D eigenvalue weighted by Crippen LogP contribution is -2.11. The summed E-state index contributed by atoms with van der Waals surface area (Å²) in [6.07, 6.45) is 3.61. The Hall–Kier alpha value is -2.61. The molecule has 0 saturated heterocycles. The lowest BCUT2D eigenvalue weighted by molar-refractivity contribution is 0.0701. The number of rotatable bonds is 6. The molecule has 0 fully saturated rings. The molecule has 1 N–H and O–H groups in total. The molecule has 3 rings (SSSR count). The van der Waals surface area contributed by atoms with E-state index in [1.807, 2.05) is 24.3 Å². The van der Waals surface area contributed by atoms with Crippen LogP contribution in [0, 0.1) is 10.8 Å². The summed E-state index contributed by atoms with van der Waals surface area (Å²) < 4.78 is 0. The van der Waals surface area contributed by atoms with Crippen LogP contribution in [0.15, 0.2) is 54.6 Å². The van der Waals surface area contributed by atoms with E-state index in [1.165, 1.54) is 5.56 Å². The van der Waals surface area contributed by atoms with Crippen molar-refractivity contribution in [2.24, 2.45) is 10.8 Å². The second-order valence-electron chi connectivity index (χ2n) is 11.3. The smallest absolute Gasteiger partial charge is 0.336 e. The molecule has 0 saturated carbocycles. The molecule has 0 amide bonds. The Balaban J connectivity index is 2.28. The fourth-order valence-electron chi connectivity index (χ4n) is 4.51. The highest BCUT2D eigenvalue weighted by Gasteiger charge is 2.21. The maximum Gasteiger partial charge on any atom is 0.336 e. The van der Waals surface area contributed by atoms with Gasteiger partial charge in [0.2, 0.25) is 0 Å². The molecule has 3 aromatic rings. The first-order valence-electron chi connectivity index (χ1n) is 11.2. The minimum absolute atomic E-state index is 0.148. The van der Waals surface area contributed by atoms with Crippen molar-refractivity contribution in [2.45, 2.75) is 67.2 Å². The molecule has 0 radical (unpaired) electrons. The first-order valence-corrected chi connectivity index (χ1v) is 11.2. The molecule has 31 heavy (non-hydrogen) atoms. The van der Waals surface area contributed by atoms with Crippen LogP contribution in [0.5, 0.6) is 0 Å². The molecule has 0 unspecified atom stereocenters. The van der Waals surface area contributed by atoms with E-state index < -0.39 is 5.97 Å². The number of allylic oxidation sites excluding steroid dienone is 1. The van der Waals surface area contributed by atoms with Gasteiger partial charge in [0.25, 0.3) is 0 Å². The van der Waals surface area contributed by atoms with Gasteiger partial charge in [0, 0.05) is 5.39 Å². The molecule has 3 aromatic carbocycles. The first kappa shape index (κ1) is 23.1. The minimum atomic E-state index is -0.863. The molecule has 0 spiro atoms. The highest BCUT2D eigenvalue weighted by Crippen LogP contribution is 2.36. The van der Waals surface area contributed by atoms with Crippen molar-refractivity contribution >= 4 is 27.5 Å². The number of aromatic carboxylic acids is 1. The van der Waals surface area contributed by atoms with Crippen molar-refractivity contribution in [1.82, 2.24) is 0 Å². The van der Waals surface area contributed by atoms with Gasteiger partial charge in [-0.05, 0) is 69.9 Å². The summed E-state index contributed by atoms with van der Waals surface area (Å²) >= 11 is 0. The normalized spacial score (nSPS) is 12.5. The molecule has 0 atom stereocenters. The van der Waals surface area contributed by atoms with Gasteiger partial charge >= 0.3 is 5.97 Å². The zero-order valence-corrected chi connectivity index (χ0v) is 19.9. The third kappa shape index (κ3) is 5.55. The average Bonchev–Trinajstić information content (AvgIpc) is 2.63. The second-order valence-corrected chi connectivity index (χ2v) is 11.3. The number of carbonyl (C=O) groups is 1. The fraction of sp³-hybridized carbons (Fsp3) is 0.414. The molecular weight excluding hydrogens is 380 g/mol. The van der Waals surface area contributed by atoms with Crippen molar-refractivity contribution in [3.8, 4) is 0 Å². The van der Waals surface area contributed by atoms with Crippen molar-refractivity contribution in [3.63, 3.8) is 0 Å². The predicted octanol–water partition coefficient (Wildman–Crippen LogP) is 8.20. The first-order chi connectivity index (χ1) is 14.4. The van der Waals surface area contributed by atoms with Gasteiger partial charge in [-0.2, -0.15) is 0 Å². The van der Waals surface area contributed by atoms with E-state index in [1.54, 1.807) is 0 Å². The Bertz CT molecular complexity index is 1140. The van der Waals surface area contributed by atoms with E-state index in [4.69, 9.17) is 0 Å². The van der Waals surface area contributed by atoms with Crippen LogP contribution in [0.3, 0.4) is 0 Å². The number of benzene rings is 3. The summed E-state index contributed by atoms with van der Waals surface area (Å²) in [7, 11) is 0. The second kappa shape index (κ2) is 8.49. The van der Waals surface area contributed by atoms with Gasteiger partial charge < -0.3 is 5.11 Å². The Labute approximate surface area is 187 Å². The van der Waals surface area contributed by atoms with Crippen molar-refractivity contribution < 1.29 is 9.90 Å². The van der Waals surface area contributed by atoms with Crippen molar-refractivity contribution in [2.75, 3.05) is 0 Å². The Kier molecular flexibility index (Phi) is 6.32. The number of carboxylic acid groups (broad SMARTS) is 1. The van der Waals surface area contributed by atoms with E-state index in [-0.39, 0.29) is 10.8 Å². The summed E-state index contributed by atoms with van der Waals surface area (Å²) in [6, 6.07) is 14.2. The highest BCUT2D eigenvalue weighted by atomic mass is 16.4. The monoisotopic (exact) mass is 416 g/mol. The van der Waals surface area contributed by atoms with E-state index in [9.17, 15) is 9.90 Å². The van der Waals surface area contributed by atoms with Crippen LogP contribution in [0.25, 0.3) is 21.5 Å². The Morgan fingerprint density at radius 3 is 2.23 bits per heavy atom. The highest BCUT2D eigenvalue weighted by molar-refractivity contribution is 6.17. The van der Waals surface area contributed by atoms with E-state index in [0.717, 1.165) is 51.9 Å². The van der Waals surface area contributed by atoms with Crippen LogP contribution in [-0.2, 0) is 12.8 Å². The summed E-state index contributed by atoms with van der Waals surface area (Å²) in [5, 5.41) is 13.9. The zero-order chi connectivity index (χ0) is 23.0. The van der Waals surface area contributed by atoms with Gasteiger partial charge in [-0.15, -0.1) is 0 Å². The number of hydrogen-bond donors (Lipinski definition) is 1. The molecule has 0 aliphatic heterocycles. The van der Waals surface area contributed by atoms with Gasteiger partial charge in [0.1, 0.15) is 0 Å². The number of carboxylic acids is 1. The molecule has 0 aliphatic carbocycles. The van der Waals surface area contributed by atoms with Crippen LogP contribution >= 0.6 is 0 Å². The summed E-state index contributed by atoms with van der Waals surface area (Å²) in [4.78, 5) is 12.5. The number of hydrogen-bond acceptors (Lipinski definition) is 1. The maximum atomic E-state index is 12.5. The standard InChI is InChI=1S/C29H36O2/c1-19(18-29(5,6)7)16-24-20(14-15-28(2,3)4)12-13-22-17-21-10-8-9-11-23(21)26(25(22)24)27(30)31/h8-13,17H,1,14-16,18H2,2-7H3,(H,30,31). The molecule has 0 bridgehead atoms. The predicted molar refractivity (Wildman–Crippen MR) is 133 cm³/mol. The van der Waals surface area contributed by atoms with Gasteiger partial charge in [-0.3, -0.25) is 0 Å². The quantitative estimate of drug-likeness (QED) is 0.325. The SMILES string of the molecule is C=C(Cc1c(CCC(C)(C)C)ccc2cc3ccccc3c(C(=O)O)c12)CC(C)(C)C. The van der Waals surface area contributed by atoms with E-state index >= 15 is 0 Å². The molecule has 164 valence electrons. The number of aryl methyl sites for hydroxylation is 1. The van der Waals surface area contributed by atoms with Crippen LogP contribution in [0.4, 0.5) is 0 Å². The van der Waals surface area contributed by atoms with Crippen LogP contribution in [-0.4, -0.2) is 11.1 Å². The third-order valence-electron chi connectivity index (χ3n) is 5.80. The fourth-order valence-corrected chi connectivity index (χ4v) is 4.51. The van der Waals surface area contributed by atoms with Crippen LogP contribution in [0.1, 0.15) is 75.9 Å². The molecule has 2 heteroatoms. The third-order valence-corrected chi connectivity index (χ3v) is 5.80. The average molecular weight is 417 g/mol. The Morgan fingerprint density at radius 2 is 1.61 bits per heavy atom. The molecule has 0 heterocycles. The van der Waals surface area contributed by atoms with Crippen molar-refractivity contribution in [1.29, 1.82) is 0 Å². The summed E-state index contributed by atoms with van der Waals surface area (Å²) in [6.45, 7) is 17.8. The van der Waals surface area contributed by atoms with E-state index in [0.29, 0.717) is 12.0 Å². The molecule has 0 aromatic heterocycles. The minimum Gasteiger partial charge on any atom is -0.478 e. The summed E-state index contributed by atoms with van der Waals surface area (Å²) in [5.74, 6) is -0.863. The lowest BCUT2D eigenvalue weighted by atomic mass is 9.81. The van der Waals surface area contributed by atoms with Crippen LogP contribution < -0.4 is 0 Å². The lowest BCUT2D eigenvalue weighted by Gasteiger charge is -2.24. The Morgan fingerprint density at radius 1 is 0.935 bits per heavy atom. The maximum absolute atomic E-state index is 12.5. The molecular formula is C29H36O2. The number of fused-ring (bicyclic) bond motifs is 2. The summed E-state index contributed by atoms with van der Waals surface area (Å²) in [5.41, 5.74) is 4.32. The largest absolute Gasteiger partial charge is 0.478 e. The van der Waals surface area contributed by atoms with Crippen molar-refractivity contribution in [3.05, 3.63) is 71.3 Å². The topological polar surface area (TPSA) is 37.3 Å². The van der Waals surface area contributed by atoms with Gasteiger partial charge in [0.15, 0.2) is 0 Å². The van der Waals surface area contributed by atoms with Crippen LogP contribution in [0.2, 0.25) is 0 Å². The molecule has 2 nitrogen and oxygen atoms in total. The molecule has 0 aliphatic rings. The van der Waals surface area contributed by atoms with Gasteiger partial charge in [-0.25, -0.2) is 4.79 Å². The van der Waals surface area contributed by atoms with E-state index in [2.05, 4.69) is 66.3 Å².